The highest BCUT2D eigenvalue weighted by atomic mass is 16.3. The monoisotopic (exact) mass is 136 g/mol. The quantitative estimate of drug-likeness (QED) is 0.549. The first-order valence-electron chi connectivity index (χ1n) is 2.85. The van der Waals surface area contributed by atoms with Crippen molar-refractivity contribution < 1.29 is 5.11 Å². The molecule has 0 aliphatic rings. The van der Waals surface area contributed by atoms with Gasteiger partial charge in [-0.3, -0.25) is 0 Å². The molecule has 0 saturated carbocycles. The highest BCUT2D eigenvalue weighted by Crippen LogP contribution is 2.23. The Balaban J connectivity index is 3.21. The summed E-state index contributed by atoms with van der Waals surface area (Å²) in [5.74, 6) is -0.319. The lowest BCUT2D eigenvalue weighted by Gasteiger charge is -2.06. The van der Waals surface area contributed by atoms with E-state index in [2.05, 4.69) is 5.18 Å². The van der Waals surface area contributed by atoms with Gasteiger partial charge < -0.3 is 5.11 Å². The molecule has 3 nitrogen and oxygen atoms in total. The SMILES string of the molecule is Cc1ccc([O-])c(N=O)c1. The minimum Gasteiger partial charge on any atom is -0.871 e. The van der Waals surface area contributed by atoms with Crippen molar-refractivity contribution in [2.24, 2.45) is 5.18 Å². The van der Waals surface area contributed by atoms with Crippen molar-refractivity contribution >= 4 is 5.69 Å². The molecule has 0 atom stereocenters. The molecule has 1 aromatic rings. The third-order valence-corrected chi connectivity index (χ3v) is 1.21. The molecule has 1 rings (SSSR count). The van der Waals surface area contributed by atoms with Crippen LogP contribution in [0.1, 0.15) is 5.56 Å². The van der Waals surface area contributed by atoms with Crippen LogP contribution < -0.4 is 5.11 Å². The van der Waals surface area contributed by atoms with Gasteiger partial charge in [0.2, 0.25) is 0 Å². The topological polar surface area (TPSA) is 52.5 Å². The van der Waals surface area contributed by atoms with Gasteiger partial charge in [0.15, 0.2) is 0 Å². The van der Waals surface area contributed by atoms with E-state index in [9.17, 15) is 10.0 Å². The van der Waals surface area contributed by atoms with E-state index in [-0.39, 0.29) is 11.4 Å². The summed E-state index contributed by atoms with van der Waals surface area (Å²) in [5, 5.41) is 13.3. The molecule has 52 valence electrons. The van der Waals surface area contributed by atoms with E-state index < -0.39 is 0 Å². The predicted molar refractivity (Wildman–Crippen MR) is 36.1 cm³/mol. The second-order valence-electron chi connectivity index (χ2n) is 2.06. The molecule has 1 aromatic carbocycles. The van der Waals surface area contributed by atoms with E-state index in [1.165, 1.54) is 12.1 Å². The van der Waals surface area contributed by atoms with Gasteiger partial charge >= 0.3 is 0 Å². The van der Waals surface area contributed by atoms with Crippen molar-refractivity contribution in [3.8, 4) is 5.75 Å². The highest BCUT2D eigenvalue weighted by Gasteiger charge is 1.91. The summed E-state index contributed by atoms with van der Waals surface area (Å²) in [4.78, 5) is 9.93. The summed E-state index contributed by atoms with van der Waals surface area (Å²) in [6.07, 6.45) is 0. The van der Waals surface area contributed by atoms with Crippen molar-refractivity contribution in [2.45, 2.75) is 6.92 Å². The van der Waals surface area contributed by atoms with Gasteiger partial charge in [-0.05, 0) is 23.7 Å². The molecular weight excluding hydrogens is 130 g/mol. The fraction of sp³-hybridized carbons (Fsp3) is 0.143. The van der Waals surface area contributed by atoms with E-state index in [0.717, 1.165) is 5.56 Å². The number of rotatable bonds is 1. The first-order chi connectivity index (χ1) is 4.74. The molecule has 0 aromatic heterocycles. The summed E-state index contributed by atoms with van der Waals surface area (Å²) in [6.45, 7) is 1.80. The maximum Gasteiger partial charge on any atom is 0.0999 e. The van der Waals surface area contributed by atoms with Crippen molar-refractivity contribution in [3.05, 3.63) is 28.7 Å². The summed E-state index contributed by atoms with van der Waals surface area (Å²) in [7, 11) is 0. The lowest BCUT2D eigenvalue weighted by molar-refractivity contribution is -0.267. The van der Waals surface area contributed by atoms with Gasteiger partial charge in [-0.25, -0.2) is 0 Å². The van der Waals surface area contributed by atoms with Gasteiger partial charge in [0.05, 0.1) is 5.69 Å². The molecule has 0 fully saturated rings. The van der Waals surface area contributed by atoms with E-state index in [0.29, 0.717) is 0 Å². The van der Waals surface area contributed by atoms with Crippen molar-refractivity contribution in [1.29, 1.82) is 0 Å². The smallest absolute Gasteiger partial charge is 0.0999 e. The normalized spacial score (nSPS) is 9.30. The molecule has 10 heavy (non-hydrogen) atoms. The first-order valence-corrected chi connectivity index (χ1v) is 2.85. The molecule has 0 bridgehead atoms. The fourth-order valence-electron chi connectivity index (χ4n) is 0.699. The average molecular weight is 136 g/mol. The summed E-state index contributed by atoms with van der Waals surface area (Å²) < 4.78 is 0. The molecule has 0 unspecified atom stereocenters. The van der Waals surface area contributed by atoms with Crippen molar-refractivity contribution in [3.63, 3.8) is 0 Å². The Hall–Kier alpha value is -1.38. The molecular formula is C7H6NO2-. The minimum atomic E-state index is -0.319. The van der Waals surface area contributed by atoms with Crippen LogP contribution in [0.5, 0.6) is 5.75 Å². The van der Waals surface area contributed by atoms with Gasteiger partial charge in [-0.15, -0.1) is 4.91 Å². The Morgan fingerprint density at radius 1 is 1.50 bits per heavy atom. The molecule has 0 spiro atoms. The number of nitroso groups, excluding NO2 is 1. The van der Waals surface area contributed by atoms with Gasteiger partial charge in [-0.2, -0.15) is 0 Å². The number of nitrogens with zero attached hydrogens (tertiary/aromatic N) is 1. The molecule has 0 aliphatic carbocycles. The molecule has 3 heteroatoms. The van der Waals surface area contributed by atoms with E-state index in [1.54, 1.807) is 13.0 Å². The molecule has 0 aliphatic heterocycles. The summed E-state index contributed by atoms with van der Waals surface area (Å²) in [6, 6.07) is 4.46. The van der Waals surface area contributed by atoms with E-state index in [4.69, 9.17) is 0 Å². The van der Waals surface area contributed by atoms with Crippen LogP contribution in [0.2, 0.25) is 0 Å². The van der Waals surface area contributed by atoms with E-state index in [1.807, 2.05) is 0 Å². The van der Waals surface area contributed by atoms with Crippen LogP contribution in [0.15, 0.2) is 23.4 Å². The van der Waals surface area contributed by atoms with Crippen LogP contribution in [0.3, 0.4) is 0 Å². The Kier molecular flexibility index (Phi) is 1.67. The van der Waals surface area contributed by atoms with Gasteiger partial charge in [0.1, 0.15) is 0 Å². The third kappa shape index (κ3) is 1.13. The zero-order chi connectivity index (χ0) is 7.56. The zero-order valence-electron chi connectivity index (χ0n) is 5.50. The van der Waals surface area contributed by atoms with Crippen LogP contribution in [0, 0.1) is 11.8 Å². The third-order valence-electron chi connectivity index (χ3n) is 1.21. The Labute approximate surface area is 58.3 Å². The van der Waals surface area contributed by atoms with Crippen LogP contribution in [0.25, 0.3) is 0 Å². The average Bonchev–Trinajstić information content (AvgIpc) is 1.94. The molecule has 0 amide bonds. The second-order valence-corrected chi connectivity index (χ2v) is 2.06. The van der Waals surface area contributed by atoms with Gasteiger partial charge in [0.25, 0.3) is 0 Å². The number of aryl methyl sites for hydroxylation is 1. The standard InChI is InChI=1S/C7H7NO2/c1-5-2-3-7(9)6(4-5)8-10/h2-4,9H,1H3/p-1. The lowest BCUT2D eigenvalue weighted by atomic mass is 10.2. The Bertz CT molecular complexity index is 258. The Morgan fingerprint density at radius 2 is 2.20 bits per heavy atom. The first kappa shape index (κ1) is 6.74. The van der Waals surface area contributed by atoms with Crippen LogP contribution in [-0.4, -0.2) is 0 Å². The predicted octanol–water partition coefficient (Wildman–Crippen LogP) is 1.47. The molecule has 0 saturated heterocycles. The minimum absolute atomic E-state index is 0.0139. The molecule has 0 radical (unpaired) electrons. The van der Waals surface area contributed by atoms with Gasteiger partial charge in [0, 0.05) is 0 Å². The summed E-state index contributed by atoms with van der Waals surface area (Å²) in [5.41, 5.74) is 0.856. The van der Waals surface area contributed by atoms with Crippen molar-refractivity contribution in [1.82, 2.24) is 0 Å². The second kappa shape index (κ2) is 2.47. The fourth-order valence-corrected chi connectivity index (χ4v) is 0.699. The van der Waals surface area contributed by atoms with Crippen LogP contribution in [-0.2, 0) is 0 Å². The lowest BCUT2D eigenvalue weighted by Crippen LogP contribution is -1.89. The molecule has 0 N–H and O–H groups in total. The Morgan fingerprint density at radius 3 is 2.70 bits per heavy atom. The van der Waals surface area contributed by atoms with Gasteiger partial charge in [-0.1, -0.05) is 17.9 Å². The maximum absolute atomic E-state index is 10.7. The van der Waals surface area contributed by atoms with E-state index >= 15 is 0 Å². The molecule has 0 heterocycles. The number of hydrogen-bond donors (Lipinski definition) is 0. The van der Waals surface area contributed by atoms with Crippen molar-refractivity contribution in [2.75, 3.05) is 0 Å². The number of hydrogen-bond acceptors (Lipinski definition) is 3. The largest absolute Gasteiger partial charge is 0.871 e. The van der Waals surface area contributed by atoms with Crippen LogP contribution in [0.4, 0.5) is 5.69 Å². The highest BCUT2D eigenvalue weighted by molar-refractivity contribution is 5.51. The number of benzene rings is 1. The maximum atomic E-state index is 10.7. The van der Waals surface area contributed by atoms with Crippen LogP contribution >= 0.6 is 0 Å². The summed E-state index contributed by atoms with van der Waals surface area (Å²) >= 11 is 0. The zero-order valence-corrected chi connectivity index (χ0v) is 5.50.